The molecule has 0 fully saturated rings. The molecule has 0 radical (unpaired) electrons. The van der Waals surface area contributed by atoms with Gasteiger partial charge in [-0.15, -0.1) is 0 Å². The standard InChI is InChI=1S/C14H24BrN3O/c1-6-10-11(15)12(16-5)18-13(17-10)14(7-2,8-3)19-9-4/h6-9H2,1-5H3,(H,16,17,18). The van der Waals surface area contributed by atoms with Crippen LogP contribution in [0.3, 0.4) is 0 Å². The van der Waals surface area contributed by atoms with Gasteiger partial charge in [0.25, 0.3) is 0 Å². The van der Waals surface area contributed by atoms with E-state index in [0.717, 1.165) is 41.1 Å². The predicted octanol–water partition coefficient (Wildman–Crippen LogP) is 3.90. The summed E-state index contributed by atoms with van der Waals surface area (Å²) >= 11 is 3.56. The smallest absolute Gasteiger partial charge is 0.162 e. The lowest BCUT2D eigenvalue weighted by atomic mass is 9.95. The molecule has 0 aliphatic carbocycles. The van der Waals surface area contributed by atoms with Gasteiger partial charge in [0.15, 0.2) is 5.82 Å². The lowest BCUT2D eigenvalue weighted by molar-refractivity contribution is -0.0572. The van der Waals surface area contributed by atoms with Gasteiger partial charge in [-0.25, -0.2) is 9.97 Å². The number of hydrogen-bond acceptors (Lipinski definition) is 4. The summed E-state index contributed by atoms with van der Waals surface area (Å²) in [7, 11) is 1.87. The van der Waals surface area contributed by atoms with E-state index in [4.69, 9.17) is 9.72 Å². The lowest BCUT2D eigenvalue weighted by Crippen LogP contribution is -2.31. The first kappa shape index (κ1) is 16.4. The van der Waals surface area contributed by atoms with Crippen LogP contribution in [0.1, 0.15) is 52.1 Å². The first-order chi connectivity index (χ1) is 9.08. The van der Waals surface area contributed by atoms with E-state index in [2.05, 4.69) is 47.0 Å². The Morgan fingerprint density at radius 1 is 1.16 bits per heavy atom. The zero-order chi connectivity index (χ0) is 14.5. The van der Waals surface area contributed by atoms with E-state index in [0.29, 0.717) is 6.61 Å². The molecule has 0 aliphatic heterocycles. The normalized spacial score (nSPS) is 11.7. The number of halogens is 1. The maximum atomic E-state index is 5.98. The fourth-order valence-electron chi connectivity index (χ4n) is 2.21. The van der Waals surface area contributed by atoms with Crippen molar-refractivity contribution in [3.63, 3.8) is 0 Å². The van der Waals surface area contributed by atoms with Crippen LogP contribution < -0.4 is 5.32 Å². The molecule has 0 aliphatic rings. The molecule has 108 valence electrons. The van der Waals surface area contributed by atoms with Crippen LogP contribution in [0.15, 0.2) is 4.47 Å². The topological polar surface area (TPSA) is 47.0 Å². The zero-order valence-corrected chi connectivity index (χ0v) is 14.1. The van der Waals surface area contributed by atoms with Crippen LogP contribution in [-0.2, 0) is 16.8 Å². The van der Waals surface area contributed by atoms with Gasteiger partial charge in [0, 0.05) is 13.7 Å². The van der Waals surface area contributed by atoms with Crippen molar-refractivity contribution in [3.8, 4) is 0 Å². The molecule has 19 heavy (non-hydrogen) atoms. The molecule has 0 bridgehead atoms. The summed E-state index contributed by atoms with van der Waals surface area (Å²) in [5.74, 6) is 1.61. The average molecular weight is 330 g/mol. The SMILES string of the molecule is CCOC(CC)(CC)c1nc(CC)c(Br)c(NC)n1. The molecule has 1 heterocycles. The minimum absolute atomic E-state index is 0.384. The zero-order valence-electron chi connectivity index (χ0n) is 12.5. The molecular formula is C14H24BrN3O. The fourth-order valence-corrected chi connectivity index (χ4v) is 2.86. The number of rotatable bonds is 7. The summed E-state index contributed by atoms with van der Waals surface area (Å²) in [6.07, 6.45) is 2.59. The number of nitrogens with zero attached hydrogens (tertiary/aromatic N) is 2. The fraction of sp³-hybridized carbons (Fsp3) is 0.714. The Morgan fingerprint density at radius 2 is 1.79 bits per heavy atom. The molecule has 0 aromatic carbocycles. The molecule has 0 amide bonds. The van der Waals surface area contributed by atoms with Crippen LogP contribution >= 0.6 is 15.9 Å². The summed E-state index contributed by atoms with van der Waals surface area (Å²) in [5.41, 5.74) is 0.630. The third-order valence-corrected chi connectivity index (χ3v) is 4.30. The van der Waals surface area contributed by atoms with E-state index in [9.17, 15) is 0 Å². The van der Waals surface area contributed by atoms with Crippen LogP contribution in [0, 0.1) is 0 Å². The quantitative estimate of drug-likeness (QED) is 0.824. The highest BCUT2D eigenvalue weighted by molar-refractivity contribution is 9.10. The van der Waals surface area contributed by atoms with Crippen LogP contribution in [0.4, 0.5) is 5.82 Å². The van der Waals surface area contributed by atoms with Crippen molar-refractivity contribution in [2.24, 2.45) is 0 Å². The van der Waals surface area contributed by atoms with Gasteiger partial charge in [0.1, 0.15) is 11.4 Å². The number of ether oxygens (including phenoxy) is 1. The van der Waals surface area contributed by atoms with Gasteiger partial charge in [-0.1, -0.05) is 20.8 Å². The monoisotopic (exact) mass is 329 g/mol. The molecule has 0 unspecified atom stereocenters. The summed E-state index contributed by atoms with van der Waals surface area (Å²) in [6.45, 7) is 9.01. The second-order valence-electron chi connectivity index (χ2n) is 4.39. The van der Waals surface area contributed by atoms with Crippen LogP contribution in [0.2, 0.25) is 0 Å². The number of anilines is 1. The second kappa shape index (κ2) is 7.20. The maximum absolute atomic E-state index is 5.98. The van der Waals surface area contributed by atoms with Crippen molar-refractivity contribution in [2.45, 2.75) is 52.6 Å². The van der Waals surface area contributed by atoms with Crippen molar-refractivity contribution in [1.82, 2.24) is 9.97 Å². The van der Waals surface area contributed by atoms with Crippen LogP contribution in [0.25, 0.3) is 0 Å². The molecule has 5 heteroatoms. The number of aromatic nitrogens is 2. The second-order valence-corrected chi connectivity index (χ2v) is 5.19. The molecule has 0 atom stereocenters. The molecule has 1 aromatic rings. The van der Waals surface area contributed by atoms with Gasteiger partial charge in [-0.3, -0.25) is 0 Å². The minimum atomic E-state index is -0.384. The first-order valence-corrected chi connectivity index (χ1v) is 7.76. The van der Waals surface area contributed by atoms with Crippen molar-refractivity contribution in [2.75, 3.05) is 19.0 Å². The third-order valence-electron chi connectivity index (χ3n) is 3.46. The van der Waals surface area contributed by atoms with E-state index in [1.54, 1.807) is 0 Å². The highest BCUT2D eigenvalue weighted by Gasteiger charge is 2.33. The maximum Gasteiger partial charge on any atom is 0.162 e. The molecule has 0 saturated heterocycles. The Balaban J connectivity index is 3.38. The Hall–Kier alpha value is -0.680. The predicted molar refractivity (Wildman–Crippen MR) is 82.5 cm³/mol. The lowest BCUT2D eigenvalue weighted by Gasteiger charge is -2.30. The van der Waals surface area contributed by atoms with Crippen molar-refractivity contribution in [3.05, 3.63) is 16.0 Å². The molecule has 4 nitrogen and oxygen atoms in total. The Bertz CT molecular complexity index is 394. The Kier molecular flexibility index (Phi) is 6.20. The summed E-state index contributed by atoms with van der Waals surface area (Å²) < 4.78 is 6.93. The van der Waals surface area contributed by atoms with Gasteiger partial charge >= 0.3 is 0 Å². The van der Waals surface area contributed by atoms with E-state index in [-0.39, 0.29) is 5.60 Å². The Labute approximate surface area is 124 Å². The molecule has 1 rings (SSSR count). The summed E-state index contributed by atoms with van der Waals surface area (Å²) in [5, 5.41) is 3.12. The van der Waals surface area contributed by atoms with Gasteiger partial charge in [-0.05, 0) is 42.1 Å². The summed E-state index contributed by atoms with van der Waals surface area (Å²) in [4.78, 5) is 9.35. The highest BCUT2D eigenvalue weighted by Crippen LogP contribution is 2.34. The number of nitrogens with one attached hydrogen (secondary N) is 1. The van der Waals surface area contributed by atoms with Gasteiger partial charge in [0.2, 0.25) is 0 Å². The molecule has 0 spiro atoms. The van der Waals surface area contributed by atoms with Crippen LogP contribution in [-0.4, -0.2) is 23.6 Å². The van der Waals surface area contributed by atoms with Crippen LogP contribution in [0.5, 0.6) is 0 Å². The van der Waals surface area contributed by atoms with E-state index in [1.807, 2.05) is 14.0 Å². The summed E-state index contributed by atoms with van der Waals surface area (Å²) in [6, 6.07) is 0. The van der Waals surface area contributed by atoms with E-state index < -0.39 is 0 Å². The average Bonchev–Trinajstić information content (AvgIpc) is 2.45. The molecular weight excluding hydrogens is 306 g/mol. The minimum Gasteiger partial charge on any atom is -0.372 e. The van der Waals surface area contributed by atoms with Crippen molar-refractivity contribution < 1.29 is 4.74 Å². The largest absolute Gasteiger partial charge is 0.372 e. The van der Waals surface area contributed by atoms with Gasteiger partial charge in [-0.2, -0.15) is 0 Å². The molecule has 0 saturated carbocycles. The molecule has 1 N–H and O–H groups in total. The Morgan fingerprint density at radius 3 is 2.21 bits per heavy atom. The van der Waals surface area contributed by atoms with Crippen molar-refractivity contribution >= 4 is 21.7 Å². The van der Waals surface area contributed by atoms with Gasteiger partial charge in [0.05, 0.1) is 10.2 Å². The van der Waals surface area contributed by atoms with E-state index >= 15 is 0 Å². The number of aryl methyl sites for hydroxylation is 1. The molecule has 1 aromatic heterocycles. The third kappa shape index (κ3) is 3.26. The van der Waals surface area contributed by atoms with E-state index in [1.165, 1.54) is 0 Å². The highest BCUT2D eigenvalue weighted by atomic mass is 79.9. The van der Waals surface area contributed by atoms with Gasteiger partial charge < -0.3 is 10.1 Å². The number of hydrogen-bond donors (Lipinski definition) is 1. The van der Waals surface area contributed by atoms with Crippen molar-refractivity contribution in [1.29, 1.82) is 0 Å². The first-order valence-electron chi connectivity index (χ1n) is 6.97.